The lowest BCUT2D eigenvalue weighted by atomic mass is 10.0. The molecule has 2 fully saturated rings. The van der Waals surface area contributed by atoms with Gasteiger partial charge in [0.1, 0.15) is 12.3 Å². The second-order valence-electron chi connectivity index (χ2n) is 15.8. The van der Waals surface area contributed by atoms with Crippen molar-refractivity contribution in [3.8, 4) is 43.7 Å². The van der Waals surface area contributed by atoms with Gasteiger partial charge in [-0.25, -0.2) is 27.8 Å². The smallest absolute Gasteiger partial charge is 0.165 e. The molecule has 2 aliphatic heterocycles. The van der Waals surface area contributed by atoms with Crippen LogP contribution in [-0.4, -0.2) is 104 Å². The molecule has 8 aromatic heterocycles. The van der Waals surface area contributed by atoms with Crippen LogP contribution in [0.2, 0.25) is 0 Å². The lowest BCUT2D eigenvalue weighted by Crippen LogP contribution is -2.29. The highest BCUT2D eigenvalue weighted by atomic mass is 127. The molecular formula is C48H49F2IN10O2S2. The van der Waals surface area contributed by atoms with Crippen molar-refractivity contribution >= 4 is 68.1 Å². The van der Waals surface area contributed by atoms with Crippen LogP contribution in [0.1, 0.15) is 73.1 Å². The molecule has 0 aliphatic carbocycles. The maximum absolute atomic E-state index is 13.8. The van der Waals surface area contributed by atoms with Crippen molar-refractivity contribution < 1.29 is 18.4 Å². The third-order valence-electron chi connectivity index (χ3n) is 11.5. The summed E-state index contributed by atoms with van der Waals surface area (Å²) in [5, 5.41) is 15.9. The Morgan fingerprint density at radius 2 is 1.28 bits per heavy atom. The fourth-order valence-electron chi connectivity index (χ4n) is 8.22. The van der Waals surface area contributed by atoms with Crippen LogP contribution >= 0.6 is 45.3 Å². The molecule has 0 aromatic carbocycles. The van der Waals surface area contributed by atoms with Crippen molar-refractivity contribution in [3.05, 3.63) is 120 Å². The third kappa shape index (κ3) is 11.3. The number of rotatable bonds is 13. The van der Waals surface area contributed by atoms with E-state index in [0.717, 1.165) is 38.8 Å². The summed E-state index contributed by atoms with van der Waals surface area (Å²) < 4.78 is 31.7. The summed E-state index contributed by atoms with van der Waals surface area (Å²) in [6.45, 7) is 5.82. The van der Waals surface area contributed by atoms with Crippen molar-refractivity contribution in [3.63, 3.8) is 0 Å². The maximum Gasteiger partial charge on any atom is 0.165 e. The van der Waals surface area contributed by atoms with Crippen molar-refractivity contribution in [2.75, 3.05) is 24.1 Å². The highest BCUT2D eigenvalue weighted by Crippen LogP contribution is 2.30. The first-order valence-corrected chi connectivity index (χ1v) is 25.1. The number of fused-ring (bicyclic) bond motifs is 2. The SMILES string of the molecule is CCI.CCN1C[C@@H](F)C[C@H]1CCC(=O)c1ccnc(-c2cnn3ccc(-c4cccs4)nc23)c1.O=C(CC[C@@H]1C[C@H](F)CN1)c1ccnc(-c2cnn3ccc(-c4cccs4)nc23)c1. The molecule has 10 rings (SSSR count). The molecule has 0 saturated carbocycles. The standard InChI is InChI=1S/C24H24FN5OS.C22H20FN5OS.C2H5I/c1-2-29-15-17(25)13-18(29)5-6-22(31)16-7-9-26-21(12-16)19-14-27-30-10-8-20(28-24(19)30)23-4-3-11-32-23;23-15-11-16(25-12-15)3-4-20(29)14-5-7-24-19(10-14)17-13-26-28-8-6-18(27-22(17)28)21-2-1-9-30-21;1-2-3/h3-4,7-12,14,17-18H,2,5-6,13,15H2,1H3;1-2,5-10,13,15-16,25H,3-4,11-12H2;2H2,1H3/t17-,18+;15-,16+;/m00./s1. The predicted octanol–water partition coefficient (Wildman–Crippen LogP) is 10.5. The number of nitrogens with one attached hydrogen (secondary N) is 1. The molecule has 0 amide bonds. The van der Waals surface area contributed by atoms with Gasteiger partial charge in [-0.15, -0.1) is 22.7 Å². The van der Waals surface area contributed by atoms with Gasteiger partial charge in [0.2, 0.25) is 0 Å². The van der Waals surface area contributed by atoms with Gasteiger partial charge in [0.05, 0.1) is 56.1 Å². The first-order valence-electron chi connectivity index (χ1n) is 21.8. The van der Waals surface area contributed by atoms with Crippen LogP contribution in [0, 0.1) is 0 Å². The molecule has 2 saturated heterocycles. The molecule has 0 radical (unpaired) electrons. The number of ketones is 2. The van der Waals surface area contributed by atoms with Gasteiger partial charge in [0.15, 0.2) is 22.9 Å². The van der Waals surface area contributed by atoms with Gasteiger partial charge in [-0.3, -0.25) is 24.5 Å². The molecule has 12 nitrogen and oxygen atoms in total. The zero-order chi connectivity index (χ0) is 45.3. The number of carbonyl (C=O) groups excluding carboxylic acids is 2. The summed E-state index contributed by atoms with van der Waals surface area (Å²) in [5.41, 5.74) is 7.26. The quantitative estimate of drug-likeness (QED) is 0.0675. The van der Waals surface area contributed by atoms with Crippen molar-refractivity contribution in [1.82, 2.24) is 49.4 Å². The maximum atomic E-state index is 13.8. The average Bonchev–Trinajstić information content (AvgIpc) is 4.20. The number of alkyl halides is 3. The van der Waals surface area contributed by atoms with Crippen LogP contribution in [0.25, 0.3) is 55.0 Å². The van der Waals surface area contributed by atoms with Gasteiger partial charge in [0.25, 0.3) is 0 Å². The molecule has 65 heavy (non-hydrogen) atoms. The third-order valence-corrected chi connectivity index (χ3v) is 13.3. The average molecular weight is 1030 g/mol. The minimum absolute atomic E-state index is 0.0338. The van der Waals surface area contributed by atoms with Gasteiger partial charge in [0, 0.05) is 73.9 Å². The topological polar surface area (TPSA) is 136 Å². The number of Topliss-reactive ketones (excluding diaryl/α,β-unsaturated/α-hetero) is 2. The minimum atomic E-state index is -0.806. The highest BCUT2D eigenvalue weighted by molar-refractivity contribution is 14.1. The Hall–Kier alpha value is -5.21. The Morgan fingerprint density at radius 3 is 1.75 bits per heavy atom. The van der Waals surface area contributed by atoms with E-state index in [9.17, 15) is 18.4 Å². The summed E-state index contributed by atoms with van der Waals surface area (Å²) in [7, 11) is 0. The van der Waals surface area contributed by atoms with Crippen molar-refractivity contribution in [2.24, 2.45) is 0 Å². The summed E-state index contributed by atoms with van der Waals surface area (Å²) >= 11 is 5.55. The lowest BCUT2D eigenvalue weighted by molar-refractivity contribution is 0.0963. The first kappa shape index (κ1) is 46.3. The summed E-state index contributed by atoms with van der Waals surface area (Å²) in [4.78, 5) is 48.4. The number of thiophene rings is 2. The molecule has 2 aliphatic rings. The monoisotopic (exact) mass is 1030 g/mol. The Bertz CT molecular complexity index is 2840. The molecule has 336 valence electrons. The van der Waals surface area contributed by atoms with Crippen molar-refractivity contribution in [2.45, 2.75) is 76.8 Å². The number of nitrogens with zero attached hydrogens (tertiary/aromatic N) is 9. The summed E-state index contributed by atoms with van der Waals surface area (Å²) in [5.74, 6) is 0.0854. The molecule has 0 bridgehead atoms. The predicted molar refractivity (Wildman–Crippen MR) is 263 cm³/mol. The fourth-order valence-corrected chi connectivity index (χ4v) is 9.61. The molecule has 0 spiro atoms. The van der Waals surface area contributed by atoms with Crippen LogP contribution < -0.4 is 5.32 Å². The zero-order valence-electron chi connectivity index (χ0n) is 36.1. The molecule has 10 heterocycles. The Kier molecular flexibility index (Phi) is 15.6. The number of pyridine rings is 2. The summed E-state index contributed by atoms with van der Waals surface area (Å²) in [6, 6.07) is 19.2. The van der Waals surface area contributed by atoms with Gasteiger partial charge >= 0.3 is 0 Å². The largest absolute Gasteiger partial charge is 0.311 e. The number of carbonyl (C=O) groups is 2. The number of likely N-dealkylation sites (tertiary alicyclic amines) is 1. The lowest BCUT2D eigenvalue weighted by Gasteiger charge is -2.21. The first-order chi connectivity index (χ1) is 31.7. The molecular weight excluding hydrogens is 978 g/mol. The Balaban J connectivity index is 0.000000168. The van der Waals surface area contributed by atoms with E-state index in [2.05, 4.69) is 59.9 Å². The van der Waals surface area contributed by atoms with E-state index in [1.807, 2.05) is 72.5 Å². The van der Waals surface area contributed by atoms with E-state index in [0.29, 0.717) is 85.4 Å². The Labute approximate surface area is 397 Å². The number of hydrogen-bond donors (Lipinski definition) is 1. The Morgan fingerprint density at radius 1 is 0.738 bits per heavy atom. The van der Waals surface area contributed by atoms with E-state index in [1.54, 1.807) is 74.7 Å². The molecule has 8 aromatic rings. The van der Waals surface area contributed by atoms with E-state index >= 15 is 0 Å². The molecule has 4 atom stereocenters. The normalized spacial score (nSPS) is 18.4. The molecule has 0 unspecified atom stereocenters. The van der Waals surface area contributed by atoms with Gasteiger partial charge < -0.3 is 5.32 Å². The van der Waals surface area contributed by atoms with E-state index in [1.165, 1.54) is 4.43 Å². The van der Waals surface area contributed by atoms with E-state index in [4.69, 9.17) is 9.97 Å². The van der Waals surface area contributed by atoms with E-state index in [-0.39, 0.29) is 23.7 Å². The second-order valence-corrected chi connectivity index (χ2v) is 19.2. The van der Waals surface area contributed by atoms with Crippen LogP contribution in [0.3, 0.4) is 0 Å². The van der Waals surface area contributed by atoms with E-state index < -0.39 is 12.3 Å². The molecule has 1 N–H and O–H groups in total. The van der Waals surface area contributed by atoms with Crippen LogP contribution in [0.15, 0.2) is 109 Å². The number of halogens is 3. The second kappa shape index (κ2) is 21.9. The van der Waals surface area contributed by atoms with Gasteiger partial charge in [-0.05, 0) is 95.9 Å². The minimum Gasteiger partial charge on any atom is -0.311 e. The molecule has 17 heteroatoms. The zero-order valence-corrected chi connectivity index (χ0v) is 39.9. The van der Waals surface area contributed by atoms with Gasteiger partial charge in [-0.2, -0.15) is 10.2 Å². The van der Waals surface area contributed by atoms with Gasteiger partial charge in [-0.1, -0.05) is 48.6 Å². The van der Waals surface area contributed by atoms with Crippen LogP contribution in [0.5, 0.6) is 0 Å². The number of aromatic nitrogens is 8. The van der Waals surface area contributed by atoms with Crippen LogP contribution in [0.4, 0.5) is 8.78 Å². The van der Waals surface area contributed by atoms with Crippen LogP contribution in [-0.2, 0) is 0 Å². The highest BCUT2D eigenvalue weighted by Gasteiger charge is 2.31. The summed E-state index contributed by atoms with van der Waals surface area (Å²) in [6.07, 6.45) is 12.0. The number of hydrogen-bond acceptors (Lipinski definition) is 12. The van der Waals surface area contributed by atoms with Crippen molar-refractivity contribution in [1.29, 1.82) is 0 Å². The fraction of sp³-hybridized carbons (Fsp3) is 0.333.